The van der Waals surface area contributed by atoms with Crippen molar-refractivity contribution in [1.82, 2.24) is 5.32 Å². The number of hydrogen-bond donors (Lipinski definition) is 2. The van der Waals surface area contributed by atoms with E-state index in [1.165, 1.54) is 25.1 Å². The van der Waals surface area contributed by atoms with Gasteiger partial charge in [0, 0.05) is 18.6 Å². The quantitative estimate of drug-likeness (QED) is 0.830. The molecule has 2 rings (SSSR count). The van der Waals surface area contributed by atoms with E-state index in [9.17, 15) is 19.1 Å². The van der Waals surface area contributed by atoms with Crippen LogP contribution in [0.4, 0.5) is 4.39 Å². The standard InChI is InChI=1S/C16H20FNO5/c1-10(23-13-6-2-5-12(17)8-13)15(19)18-14(16(20)21)11-4-3-7-22-9-11/h2,5-6,8,10-11,14H,3-4,7,9H2,1H3,(H,18,19)(H,20,21). The first-order chi connectivity index (χ1) is 11.0. The zero-order valence-electron chi connectivity index (χ0n) is 12.8. The molecule has 1 aliphatic heterocycles. The number of rotatable bonds is 6. The lowest BCUT2D eigenvalue weighted by atomic mass is 9.93. The van der Waals surface area contributed by atoms with Crippen LogP contribution in [0.2, 0.25) is 0 Å². The molecule has 0 aliphatic carbocycles. The molecule has 1 aromatic rings. The molecule has 1 amide bonds. The van der Waals surface area contributed by atoms with Gasteiger partial charge in [0.15, 0.2) is 6.10 Å². The minimum absolute atomic E-state index is 0.209. The van der Waals surface area contributed by atoms with Crippen LogP contribution in [0.5, 0.6) is 5.75 Å². The molecular formula is C16H20FNO5. The number of ether oxygens (including phenoxy) is 2. The fraction of sp³-hybridized carbons (Fsp3) is 0.500. The largest absolute Gasteiger partial charge is 0.481 e. The summed E-state index contributed by atoms with van der Waals surface area (Å²) in [7, 11) is 0. The number of amides is 1. The van der Waals surface area contributed by atoms with Crippen LogP contribution in [0.1, 0.15) is 19.8 Å². The highest BCUT2D eigenvalue weighted by Crippen LogP contribution is 2.19. The zero-order chi connectivity index (χ0) is 16.8. The summed E-state index contributed by atoms with van der Waals surface area (Å²) in [5, 5.41) is 11.8. The number of carboxylic acid groups (broad SMARTS) is 1. The Bertz CT molecular complexity index is 559. The summed E-state index contributed by atoms with van der Waals surface area (Å²) in [4.78, 5) is 23.6. The highest BCUT2D eigenvalue weighted by molar-refractivity contribution is 5.86. The summed E-state index contributed by atoms with van der Waals surface area (Å²) < 4.78 is 23.7. The van der Waals surface area contributed by atoms with Crippen molar-refractivity contribution >= 4 is 11.9 Å². The van der Waals surface area contributed by atoms with E-state index in [2.05, 4.69) is 5.32 Å². The van der Waals surface area contributed by atoms with Crippen molar-refractivity contribution in [2.45, 2.75) is 31.9 Å². The summed E-state index contributed by atoms with van der Waals surface area (Å²) in [6.45, 7) is 2.39. The van der Waals surface area contributed by atoms with Crippen LogP contribution in [0, 0.1) is 11.7 Å². The van der Waals surface area contributed by atoms with Crippen LogP contribution in [-0.2, 0) is 14.3 Å². The van der Waals surface area contributed by atoms with E-state index < -0.39 is 29.8 Å². The predicted octanol–water partition coefficient (Wildman–Crippen LogP) is 1.59. The van der Waals surface area contributed by atoms with Crippen LogP contribution in [0.15, 0.2) is 24.3 Å². The molecule has 0 bridgehead atoms. The van der Waals surface area contributed by atoms with Gasteiger partial charge in [0.05, 0.1) is 6.61 Å². The Morgan fingerprint density at radius 3 is 2.87 bits per heavy atom. The molecule has 0 saturated carbocycles. The smallest absolute Gasteiger partial charge is 0.326 e. The molecule has 23 heavy (non-hydrogen) atoms. The van der Waals surface area contributed by atoms with Gasteiger partial charge < -0.3 is 19.9 Å². The van der Waals surface area contributed by atoms with E-state index in [0.29, 0.717) is 19.6 Å². The van der Waals surface area contributed by atoms with Crippen molar-refractivity contribution in [3.8, 4) is 5.75 Å². The van der Waals surface area contributed by atoms with Crippen LogP contribution in [0.25, 0.3) is 0 Å². The maximum absolute atomic E-state index is 13.1. The average Bonchev–Trinajstić information content (AvgIpc) is 2.52. The van der Waals surface area contributed by atoms with Gasteiger partial charge in [-0.3, -0.25) is 4.79 Å². The Balaban J connectivity index is 1.96. The molecule has 1 fully saturated rings. The van der Waals surface area contributed by atoms with Crippen LogP contribution in [0.3, 0.4) is 0 Å². The molecule has 0 aromatic heterocycles. The van der Waals surface area contributed by atoms with E-state index in [0.717, 1.165) is 12.5 Å². The molecule has 3 unspecified atom stereocenters. The highest BCUT2D eigenvalue weighted by Gasteiger charge is 2.32. The Morgan fingerprint density at radius 2 is 2.26 bits per heavy atom. The molecule has 1 aromatic carbocycles. The summed E-state index contributed by atoms with van der Waals surface area (Å²) in [6, 6.07) is 4.39. The lowest BCUT2D eigenvalue weighted by molar-refractivity contribution is -0.146. The SMILES string of the molecule is CC(Oc1cccc(F)c1)C(=O)NC(C(=O)O)C1CCCOC1. The number of carbonyl (C=O) groups is 2. The number of halogens is 1. The Hall–Kier alpha value is -2.15. The first kappa shape index (κ1) is 17.2. The number of aliphatic carboxylic acids is 1. The molecular weight excluding hydrogens is 305 g/mol. The van der Waals surface area contributed by atoms with Gasteiger partial charge in [0.2, 0.25) is 0 Å². The fourth-order valence-corrected chi connectivity index (χ4v) is 2.48. The van der Waals surface area contributed by atoms with E-state index in [4.69, 9.17) is 9.47 Å². The molecule has 2 N–H and O–H groups in total. The zero-order valence-corrected chi connectivity index (χ0v) is 12.8. The normalized spacial score (nSPS) is 20.3. The predicted molar refractivity (Wildman–Crippen MR) is 79.6 cm³/mol. The monoisotopic (exact) mass is 325 g/mol. The maximum atomic E-state index is 13.1. The van der Waals surface area contributed by atoms with Crippen molar-refractivity contribution in [2.75, 3.05) is 13.2 Å². The van der Waals surface area contributed by atoms with Crippen molar-refractivity contribution < 1.29 is 28.6 Å². The van der Waals surface area contributed by atoms with E-state index in [-0.39, 0.29) is 11.7 Å². The van der Waals surface area contributed by atoms with Gasteiger partial charge in [0.25, 0.3) is 5.91 Å². The van der Waals surface area contributed by atoms with Crippen LogP contribution in [-0.4, -0.2) is 42.3 Å². The number of hydrogen-bond acceptors (Lipinski definition) is 4. The topological polar surface area (TPSA) is 84.9 Å². The van der Waals surface area contributed by atoms with Gasteiger partial charge in [-0.05, 0) is 31.9 Å². The van der Waals surface area contributed by atoms with Gasteiger partial charge >= 0.3 is 5.97 Å². The van der Waals surface area contributed by atoms with Crippen molar-refractivity contribution in [1.29, 1.82) is 0 Å². The third-order valence-corrected chi connectivity index (χ3v) is 3.71. The lowest BCUT2D eigenvalue weighted by Gasteiger charge is -2.28. The van der Waals surface area contributed by atoms with Crippen molar-refractivity contribution in [3.05, 3.63) is 30.1 Å². The molecule has 7 heteroatoms. The Morgan fingerprint density at radius 1 is 1.48 bits per heavy atom. The first-order valence-corrected chi connectivity index (χ1v) is 7.50. The van der Waals surface area contributed by atoms with Gasteiger partial charge in [-0.15, -0.1) is 0 Å². The molecule has 3 atom stereocenters. The summed E-state index contributed by atoms with van der Waals surface area (Å²) in [5.74, 6) is -2.20. The number of carboxylic acids is 1. The maximum Gasteiger partial charge on any atom is 0.326 e. The third-order valence-electron chi connectivity index (χ3n) is 3.71. The summed E-state index contributed by atoms with van der Waals surface area (Å²) in [5.41, 5.74) is 0. The molecule has 0 radical (unpaired) electrons. The van der Waals surface area contributed by atoms with Crippen molar-refractivity contribution in [2.24, 2.45) is 5.92 Å². The minimum atomic E-state index is -1.10. The molecule has 1 aliphatic rings. The first-order valence-electron chi connectivity index (χ1n) is 7.50. The van der Waals surface area contributed by atoms with Gasteiger partial charge in [-0.1, -0.05) is 6.07 Å². The van der Waals surface area contributed by atoms with E-state index in [1.54, 1.807) is 0 Å². The van der Waals surface area contributed by atoms with Crippen molar-refractivity contribution in [3.63, 3.8) is 0 Å². The summed E-state index contributed by atoms with van der Waals surface area (Å²) in [6.07, 6.45) is 0.499. The third kappa shape index (κ3) is 4.92. The Kier molecular flexibility index (Phi) is 5.92. The highest BCUT2D eigenvalue weighted by atomic mass is 19.1. The minimum Gasteiger partial charge on any atom is -0.481 e. The molecule has 6 nitrogen and oxygen atoms in total. The molecule has 0 spiro atoms. The number of benzene rings is 1. The second-order valence-electron chi connectivity index (χ2n) is 5.52. The second kappa shape index (κ2) is 7.92. The average molecular weight is 325 g/mol. The molecule has 1 saturated heterocycles. The van der Waals surface area contributed by atoms with Gasteiger partial charge in [-0.25, -0.2) is 9.18 Å². The summed E-state index contributed by atoms with van der Waals surface area (Å²) >= 11 is 0. The molecule has 1 heterocycles. The van der Waals surface area contributed by atoms with Crippen LogP contribution < -0.4 is 10.1 Å². The van der Waals surface area contributed by atoms with Gasteiger partial charge in [0.1, 0.15) is 17.6 Å². The molecule has 126 valence electrons. The lowest BCUT2D eigenvalue weighted by Crippen LogP contribution is -2.51. The number of nitrogens with one attached hydrogen (secondary N) is 1. The van der Waals surface area contributed by atoms with E-state index in [1.807, 2.05) is 0 Å². The second-order valence-corrected chi connectivity index (χ2v) is 5.52. The van der Waals surface area contributed by atoms with Gasteiger partial charge in [-0.2, -0.15) is 0 Å². The number of carbonyl (C=O) groups excluding carboxylic acids is 1. The van der Waals surface area contributed by atoms with Crippen LogP contribution >= 0.6 is 0 Å². The fourth-order valence-electron chi connectivity index (χ4n) is 2.48. The van der Waals surface area contributed by atoms with E-state index >= 15 is 0 Å². The Labute approximate surface area is 133 Å².